The molecule has 124 valence electrons. The summed E-state index contributed by atoms with van der Waals surface area (Å²) in [5.74, 6) is 0.742. The Morgan fingerprint density at radius 2 is 2.00 bits per heavy atom. The van der Waals surface area contributed by atoms with Crippen LogP contribution in [0.3, 0.4) is 0 Å². The number of carbonyl (C=O) groups excluding carboxylic acids is 1. The molecular formula is C18H29ClN2O. The molecule has 1 amide bonds. The van der Waals surface area contributed by atoms with Gasteiger partial charge in [-0.3, -0.25) is 4.79 Å². The maximum Gasteiger partial charge on any atom is 0.223 e. The number of piperidine rings is 1. The van der Waals surface area contributed by atoms with Gasteiger partial charge in [-0.15, -0.1) is 12.4 Å². The van der Waals surface area contributed by atoms with Gasteiger partial charge in [-0.2, -0.15) is 0 Å². The zero-order valence-electron chi connectivity index (χ0n) is 14.1. The van der Waals surface area contributed by atoms with Gasteiger partial charge < -0.3 is 10.6 Å². The Morgan fingerprint density at radius 3 is 2.59 bits per heavy atom. The number of halogens is 1. The molecule has 3 nitrogen and oxygen atoms in total. The molecule has 1 heterocycles. The number of hydrogen-bond donors (Lipinski definition) is 2. The fourth-order valence-corrected chi connectivity index (χ4v) is 3.18. The lowest BCUT2D eigenvalue weighted by molar-refractivity contribution is -0.127. The molecule has 0 aliphatic carbocycles. The molecule has 1 unspecified atom stereocenters. The van der Waals surface area contributed by atoms with Crippen LogP contribution in [0.5, 0.6) is 0 Å². The van der Waals surface area contributed by atoms with Crippen LogP contribution in [0.4, 0.5) is 0 Å². The summed E-state index contributed by atoms with van der Waals surface area (Å²) >= 11 is 0. The minimum absolute atomic E-state index is 0. The van der Waals surface area contributed by atoms with Crippen molar-refractivity contribution < 1.29 is 4.79 Å². The second kappa shape index (κ2) is 8.54. The molecular weight excluding hydrogens is 296 g/mol. The van der Waals surface area contributed by atoms with E-state index in [0.29, 0.717) is 12.0 Å². The predicted octanol–water partition coefficient (Wildman–Crippen LogP) is 3.62. The largest absolute Gasteiger partial charge is 0.349 e. The van der Waals surface area contributed by atoms with Crippen LogP contribution in [-0.4, -0.2) is 18.5 Å². The van der Waals surface area contributed by atoms with E-state index in [1.54, 1.807) is 0 Å². The first-order valence-corrected chi connectivity index (χ1v) is 8.08. The summed E-state index contributed by atoms with van der Waals surface area (Å²) in [6.45, 7) is 9.55. The summed E-state index contributed by atoms with van der Waals surface area (Å²) in [5, 5.41) is 6.70. The zero-order chi connectivity index (χ0) is 15.4. The summed E-state index contributed by atoms with van der Waals surface area (Å²) in [7, 11) is 0. The summed E-state index contributed by atoms with van der Waals surface area (Å²) in [4.78, 5) is 12.6. The molecule has 1 aromatic rings. The normalized spacial score (nSPS) is 22.8. The third-order valence-electron chi connectivity index (χ3n) is 4.48. The Kier molecular flexibility index (Phi) is 7.37. The molecule has 1 aliphatic heterocycles. The van der Waals surface area contributed by atoms with Crippen LogP contribution in [0, 0.1) is 18.8 Å². The van der Waals surface area contributed by atoms with Gasteiger partial charge in [0.1, 0.15) is 0 Å². The highest BCUT2D eigenvalue weighted by molar-refractivity contribution is 5.85. The van der Waals surface area contributed by atoms with Gasteiger partial charge in [0, 0.05) is 12.0 Å². The highest BCUT2D eigenvalue weighted by atomic mass is 35.5. The number of amides is 1. The van der Waals surface area contributed by atoms with Crippen LogP contribution >= 0.6 is 12.4 Å². The molecule has 0 aromatic heterocycles. The van der Waals surface area contributed by atoms with E-state index < -0.39 is 0 Å². The van der Waals surface area contributed by atoms with E-state index in [4.69, 9.17) is 0 Å². The van der Waals surface area contributed by atoms with Crippen molar-refractivity contribution in [3.63, 3.8) is 0 Å². The van der Waals surface area contributed by atoms with Gasteiger partial charge in [0.05, 0.1) is 6.04 Å². The van der Waals surface area contributed by atoms with Crippen LogP contribution in [0.1, 0.15) is 50.8 Å². The van der Waals surface area contributed by atoms with Crippen molar-refractivity contribution in [2.45, 2.75) is 52.6 Å². The molecule has 2 rings (SSSR count). The second-order valence-corrected chi connectivity index (χ2v) is 6.66. The van der Waals surface area contributed by atoms with Crippen LogP contribution < -0.4 is 10.6 Å². The van der Waals surface area contributed by atoms with Crippen molar-refractivity contribution in [2.75, 3.05) is 6.54 Å². The van der Waals surface area contributed by atoms with Crippen molar-refractivity contribution in [2.24, 2.45) is 11.8 Å². The maximum absolute atomic E-state index is 12.6. The third kappa shape index (κ3) is 4.72. The first-order chi connectivity index (χ1) is 9.99. The Morgan fingerprint density at radius 1 is 1.32 bits per heavy atom. The SMILES string of the molecule is Cc1ccccc1C(NC(=O)[C@H]1CCN[C@@H](C)C1)C(C)C.Cl. The van der Waals surface area contributed by atoms with Crippen LogP contribution in [0.2, 0.25) is 0 Å². The van der Waals surface area contributed by atoms with E-state index in [0.717, 1.165) is 19.4 Å². The molecule has 2 N–H and O–H groups in total. The Labute approximate surface area is 140 Å². The second-order valence-electron chi connectivity index (χ2n) is 6.66. The summed E-state index contributed by atoms with van der Waals surface area (Å²) < 4.78 is 0. The number of nitrogens with one attached hydrogen (secondary N) is 2. The third-order valence-corrected chi connectivity index (χ3v) is 4.48. The van der Waals surface area contributed by atoms with Gasteiger partial charge in [-0.1, -0.05) is 38.1 Å². The van der Waals surface area contributed by atoms with Crippen molar-refractivity contribution in [1.82, 2.24) is 10.6 Å². The van der Waals surface area contributed by atoms with Gasteiger partial charge in [-0.05, 0) is 50.3 Å². The lowest BCUT2D eigenvalue weighted by atomic mass is 9.89. The molecule has 3 atom stereocenters. The van der Waals surface area contributed by atoms with E-state index in [-0.39, 0.29) is 30.3 Å². The zero-order valence-corrected chi connectivity index (χ0v) is 14.9. The standard InChI is InChI=1S/C18H28N2O.ClH/c1-12(2)17(16-8-6-5-7-13(16)3)20-18(21)15-9-10-19-14(4)11-15;/h5-8,12,14-15,17,19H,9-11H2,1-4H3,(H,20,21);1H/t14-,15-,17?;/m0./s1. The highest BCUT2D eigenvalue weighted by Crippen LogP contribution is 2.26. The first kappa shape index (κ1) is 19.0. The molecule has 1 saturated heterocycles. The van der Waals surface area contributed by atoms with Gasteiger partial charge in [-0.25, -0.2) is 0 Å². The molecule has 0 saturated carbocycles. The molecule has 22 heavy (non-hydrogen) atoms. The number of carbonyl (C=O) groups is 1. The van der Waals surface area contributed by atoms with E-state index in [1.165, 1.54) is 11.1 Å². The fraction of sp³-hybridized carbons (Fsp3) is 0.611. The molecule has 1 aliphatic rings. The predicted molar refractivity (Wildman–Crippen MR) is 94.3 cm³/mol. The molecule has 0 radical (unpaired) electrons. The average Bonchev–Trinajstić information content (AvgIpc) is 2.45. The fourth-order valence-electron chi connectivity index (χ4n) is 3.18. The lowest BCUT2D eigenvalue weighted by Gasteiger charge is -2.31. The number of aryl methyl sites for hydroxylation is 1. The van der Waals surface area contributed by atoms with Crippen LogP contribution in [-0.2, 0) is 4.79 Å². The van der Waals surface area contributed by atoms with Gasteiger partial charge in [0.2, 0.25) is 5.91 Å². The Balaban J connectivity index is 0.00000242. The van der Waals surface area contributed by atoms with E-state index in [1.807, 2.05) is 6.07 Å². The van der Waals surface area contributed by atoms with Crippen molar-refractivity contribution >= 4 is 18.3 Å². The lowest BCUT2D eigenvalue weighted by Crippen LogP contribution is -2.44. The molecule has 4 heteroatoms. The van der Waals surface area contributed by atoms with E-state index in [9.17, 15) is 4.79 Å². The highest BCUT2D eigenvalue weighted by Gasteiger charge is 2.28. The average molecular weight is 325 g/mol. The maximum atomic E-state index is 12.6. The van der Waals surface area contributed by atoms with Gasteiger partial charge in [0.15, 0.2) is 0 Å². The summed E-state index contributed by atoms with van der Waals surface area (Å²) in [5.41, 5.74) is 2.48. The minimum atomic E-state index is 0. The smallest absolute Gasteiger partial charge is 0.223 e. The quantitative estimate of drug-likeness (QED) is 0.888. The minimum Gasteiger partial charge on any atom is -0.349 e. The van der Waals surface area contributed by atoms with Crippen molar-refractivity contribution in [3.8, 4) is 0 Å². The van der Waals surface area contributed by atoms with Crippen LogP contribution in [0.15, 0.2) is 24.3 Å². The molecule has 1 fully saturated rings. The number of hydrogen-bond acceptors (Lipinski definition) is 2. The topological polar surface area (TPSA) is 41.1 Å². The van der Waals surface area contributed by atoms with Crippen molar-refractivity contribution in [3.05, 3.63) is 35.4 Å². The van der Waals surface area contributed by atoms with Crippen molar-refractivity contribution in [1.29, 1.82) is 0 Å². The van der Waals surface area contributed by atoms with E-state index >= 15 is 0 Å². The molecule has 1 aromatic carbocycles. The van der Waals surface area contributed by atoms with Gasteiger partial charge >= 0.3 is 0 Å². The molecule has 0 bridgehead atoms. The Bertz CT molecular complexity index is 490. The van der Waals surface area contributed by atoms with E-state index in [2.05, 4.69) is 56.5 Å². The first-order valence-electron chi connectivity index (χ1n) is 8.08. The van der Waals surface area contributed by atoms with Crippen LogP contribution in [0.25, 0.3) is 0 Å². The Hall–Kier alpha value is -1.06. The number of benzene rings is 1. The molecule has 0 spiro atoms. The number of rotatable bonds is 4. The monoisotopic (exact) mass is 324 g/mol. The summed E-state index contributed by atoms with van der Waals surface area (Å²) in [6, 6.07) is 8.88. The summed E-state index contributed by atoms with van der Waals surface area (Å²) in [6.07, 6.45) is 1.87. The van der Waals surface area contributed by atoms with Gasteiger partial charge in [0.25, 0.3) is 0 Å².